The smallest absolute Gasteiger partial charge is 0.462 e. The van der Waals surface area contributed by atoms with Gasteiger partial charge in [0.25, 0.3) is 0 Å². The van der Waals surface area contributed by atoms with E-state index in [0.717, 1.165) is 121 Å². The number of aliphatic hydroxyl groups is 1. The Morgan fingerprint density at radius 1 is 0.330 bits per heavy atom. The van der Waals surface area contributed by atoms with Crippen molar-refractivity contribution < 1.29 is 80.2 Å². The van der Waals surface area contributed by atoms with Crippen LogP contribution in [0.5, 0.6) is 0 Å². The third kappa shape index (κ3) is 72.5. The Balaban J connectivity index is 5.24. The topological polar surface area (TPSA) is 237 Å². The minimum Gasteiger partial charge on any atom is -0.462 e. The summed E-state index contributed by atoms with van der Waals surface area (Å²) in [6.45, 7) is 9.51. The average molecular weight is 1460 g/mol. The van der Waals surface area contributed by atoms with Crippen LogP contribution >= 0.6 is 15.6 Å². The van der Waals surface area contributed by atoms with Gasteiger partial charge >= 0.3 is 39.5 Å². The minimum absolute atomic E-state index is 0.102. The molecule has 0 spiro atoms. The monoisotopic (exact) mass is 1460 g/mol. The van der Waals surface area contributed by atoms with Gasteiger partial charge in [0.05, 0.1) is 26.4 Å². The first kappa shape index (κ1) is 97.5. The summed E-state index contributed by atoms with van der Waals surface area (Å²) in [7, 11) is -9.93. The predicted octanol–water partition coefficient (Wildman–Crippen LogP) is 23.8. The van der Waals surface area contributed by atoms with Crippen molar-refractivity contribution in [1.29, 1.82) is 0 Å². The van der Waals surface area contributed by atoms with Gasteiger partial charge in [-0.25, -0.2) is 9.13 Å². The highest BCUT2D eigenvalue weighted by Gasteiger charge is 2.30. The van der Waals surface area contributed by atoms with Crippen molar-refractivity contribution in [3.63, 3.8) is 0 Å². The van der Waals surface area contributed by atoms with Crippen molar-refractivity contribution in [1.82, 2.24) is 0 Å². The van der Waals surface area contributed by atoms with E-state index in [0.29, 0.717) is 25.7 Å². The zero-order chi connectivity index (χ0) is 73.5. The van der Waals surface area contributed by atoms with Crippen LogP contribution in [0.2, 0.25) is 0 Å². The summed E-state index contributed by atoms with van der Waals surface area (Å²) in [4.78, 5) is 73.0. The maximum Gasteiger partial charge on any atom is 0.472 e. The van der Waals surface area contributed by atoms with Gasteiger partial charge in [0.15, 0.2) is 12.2 Å². The van der Waals surface area contributed by atoms with Gasteiger partial charge in [-0.3, -0.25) is 37.3 Å². The molecule has 3 unspecified atom stereocenters. The van der Waals surface area contributed by atoms with E-state index in [9.17, 15) is 43.2 Å². The van der Waals surface area contributed by atoms with Gasteiger partial charge < -0.3 is 33.8 Å². The lowest BCUT2D eigenvalue weighted by molar-refractivity contribution is -0.161. The fourth-order valence-corrected chi connectivity index (χ4v) is 13.5. The standard InChI is InChI=1S/C81H154O17P2/c1-7-10-12-14-16-18-20-22-24-25-26-27-28-29-30-32-34-36-38-47-53-59-65-80(85)97-76(69-91-78(83)63-57-51-45-37-35-33-31-23-21-19-17-15-13-11-8-2)71-95-99(87,88)93-67-75(82)68-94-100(89,90)96-72-77(70-92-79(84)64-58-52-46-41-39-43-49-55-61-73(4)5)98-81(86)66-60-54-48-42-40-44-50-56-62-74(6)9-3/h19,21,23,31,73-77,82H,7-18,20,22,24-30,32-72H2,1-6H3,(H,87,88)(H,89,90)/b21-19-,31-23-/t74?,75-,76-,77-/m1/s1. The molecule has 0 fully saturated rings. The first-order valence-electron chi connectivity index (χ1n) is 41.3. The number of unbranched alkanes of at least 4 members (excludes halogenated alkanes) is 44. The lowest BCUT2D eigenvalue weighted by Crippen LogP contribution is -2.30. The summed E-state index contributed by atoms with van der Waals surface area (Å²) < 4.78 is 68.6. The van der Waals surface area contributed by atoms with Crippen molar-refractivity contribution in [2.75, 3.05) is 39.6 Å². The summed E-state index contributed by atoms with van der Waals surface area (Å²) >= 11 is 0. The number of allylic oxidation sites excluding steroid dienone is 4. The van der Waals surface area contributed by atoms with E-state index < -0.39 is 97.5 Å². The van der Waals surface area contributed by atoms with E-state index in [1.54, 1.807) is 0 Å². The number of ether oxygens (including phenoxy) is 4. The Morgan fingerprint density at radius 2 is 0.590 bits per heavy atom. The SMILES string of the molecule is CCCCCC/C=C\C=C/CCCCCCCC(=O)OC[C@H](COP(=O)(O)OC[C@@H](O)COP(=O)(O)OC[C@@H](COC(=O)CCCCCCCCCCC(C)C)OC(=O)CCCCCCCCCCC(C)CC)OC(=O)CCCCCCCCCCCCCCCCCCCCCCCC. The molecule has 100 heavy (non-hydrogen) atoms. The molecule has 0 rings (SSSR count). The second-order valence-corrected chi connectivity index (χ2v) is 32.1. The van der Waals surface area contributed by atoms with Crippen LogP contribution in [0.1, 0.15) is 401 Å². The molecular weight excluding hydrogens is 1310 g/mol. The number of carbonyl (C=O) groups is 4. The predicted molar refractivity (Wildman–Crippen MR) is 409 cm³/mol. The van der Waals surface area contributed by atoms with Crippen LogP contribution in [0.3, 0.4) is 0 Å². The number of esters is 4. The third-order valence-electron chi connectivity index (χ3n) is 18.7. The van der Waals surface area contributed by atoms with Crippen molar-refractivity contribution in [2.24, 2.45) is 11.8 Å². The molecule has 590 valence electrons. The molecule has 0 aromatic rings. The summed E-state index contributed by atoms with van der Waals surface area (Å²) in [6, 6.07) is 0. The average Bonchev–Trinajstić information content (AvgIpc) is 0.937. The Morgan fingerprint density at radius 3 is 0.900 bits per heavy atom. The Kier molecular flexibility index (Phi) is 70.3. The molecule has 0 aromatic heterocycles. The van der Waals surface area contributed by atoms with Gasteiger partial charge in [-0.2, -0.15) is 0 Å². The molecule has 6 atom stereocenters. The summed E-state index contributed by atoms with van der Waals surface area (Å²) in [5.41, 5.74) is 0. The number of hydrogen-bond donors (Lipinski definition) is 3. The molecular formula is C81H154O17P2. The van der Waals surface area contributed by atoms with Crippen LogP contribution < -0.4 is 0 Å². The molecule has 0 bridgehead atoms. The fraction of sp³-hybridized carbons (Fsp3) is 0.901. The quantitative estimate of drug-likeness (QED) is 0.0169. The molecule has 0 saturated carbocycles. The van der Waals surface area contributed by atoms with Crippen LogP contribution in [0.15, 0.2) is 24.3 Å². The summed E-state index contributed by atoms with van der Waals surface area (Å²) in [6.07, 6.45) is 64.8. The third-order valence-corrected chi connectivity index (χ3v) is 20.6. The van der Waals surface area contributed by atoms with Crippen molar-refractivity contribution >= 4 is 39.5 Å². The maximum absolute atomic E-state index is 13.1. The van der Waals surface area contributed by atoms with Crippen LogP contribution in [-0.2, 0) is 65.4 Å². The van der Waals surface area contributed by atoms with E-state index in [1.165, 1.54) is 199 Å². The van der Waals surface area contributed by atoms with Crippen LogP contribution in [0, 0.1) is 11.8 Å². The highest BCUT2D eigenvalue weighted by Crippen LogP contribution is 2.45. The molecule has 0 aliphatic rings. The Labute approximate surface area is 612 Å². The molecule has 17 nitrogen and oxygen atoms in total. The first-order valence-corrected chi connectivity index (χ1v) is 44.3. The maximum atomic E-state index is 13.1. The number of carbonyl (C=O) groups excluding carboxylic acids is 4. The lowest BCUT2D eigenvalue weighted by Gasteiger charge is -2.21. The highest BCUT2D eigenvalue weighted by atomic mass is 31.2. The number of aliphatic hydroxyl groups excluding tert-OH is 1. The van der Waals surface area contributed by atoms with E-state index in [2.05, 4.69) is 65.8 Å². The molecule has 0 aromatic carbocycles. The number of hydrogen-bond acceptors (Lipinski definition) is 15. The second-order valence-electron chi connectivity index (χ2n) is 29.2. The normalized spacial score (nSPS) is 14.3. The van der Waals surface area contributed by atoms with E-state index >= 15 is 0 Å². The van der Waals surface area contributed by atoms with Gasteiger partial charge in [-0.05, 0) is 63.2 Å². The lowest BCUT2D eigenvalue weighted by atomic mass is 9.99. The van der Waals surface area contributed by atoms with Gasteiger partial charge in [0.2, 0.25) is 0 Å². The van der Waals surface area contributed by atoms with Crippen LogP contribution in [0.4, 0.5) is 0 Å². The number of phosphoric acid groups is 2. The molecule has 0 aliphatic carbocycles. The van der Waals surface area contributed by atoms with E-state index in [1.807, 2.05) is 0 Å². The minimum atomic E-state index is -4.97. The molecule has 3 N–H and O–H groups in total. The molecule has 0 aliphatic heterocycles. The second kappa shape index (κ2) is 72.1. The summed E-state index contributed by atoms with van der Waals surface area (Å²) in [5.74, 6) is -0.651. The van der Waals surface area contributed by atoms with Gasteiger partial charge in [0.1, 0.15) is 19.3 Å². The Bertz CT molecular complexity index is 2020. The first-order chi connectivity index (χ1) is 48.4. The zero-order valence-electron chi connectivity index (χ0n) is 65.0. The van der Waals surface area contributed by atoms with Gasteiger partial charge in [0, 0.05) is 25.7 Å². The number of rotatable bonds is 78. The van der Waals surface area contributed by atoms with Gasteiger partial charge in [-0.1, -0.05) is 348 Å². The van der Waals surface area contributed by atoms with Crippen molar-refractivity contribution in [3.8, 4) is 0 Å². The van der Waals surface area contributed by atoms with Crippen LogP contribution in [-0.4, -0.2) is 96.7 Å². The molecule has 19 heteroatoms. The van der Waals surface area contributed by atoms with Crippen molar-refractivity contribution in [3.05, 3.63) is 24.3 Å². The molecule has 0 amide bonds. The van der Waals surface area contributed by atoms with Crippen molar-refractivity contribution in [2.45, 2.75) is 419 Å². The largest absolute Gasteiger partial charge is 0.472 e. The van der Waals surface area contributed by atoms with Crippen LogP contribution in [0.25, 0.3) is 0 Å². The Hall–Kier alpha value is -2.46. The van der Waals surface area contributed by atoms with E-state index in [4.69, 9.17) is 37.0 Å². The highest BCUT2D eigenvalue weighted by molar-refractivity contribution is 7.47. The molecule has 0 radical (unpaired) electrons. The molecule has 0 heterocycles. The molecule has 0 saturated heterocycles. The summed E-state index contributed by atoms with van der Waals surface area (Å²) in [5, 5.41) is 10.6. The van der Waals surface area contributed by atoms with E-state index in [-0.39, 0.29) is 25.7 Å². The fourth-order valence-electron chi connectivity index (χ4n) is 12.0. The van der Waals surface area contributed by atoms with Gasteiger partial charge in [-0.15, -0.1) is 0 Å². The number of phosphoric ester groups is 2. The zero-order valence-corrected chi connectivity index (χ0v) is 66.8.